The first-order valence-electron chi connectivity index (χ1n) is 5.75. The molecule has 0 unspecified atom stereocenters. The minimum Gasteiger partial charge on any atom is -0.449 e. The van der Waals surface area contributed by atoms with Crippen molar-refractivity contribution in [2.45, 2.75) is 31.6 Å². The largest absolute Gasteiger partial charge is 0.449 e. The van der Waals surface area contributed by atoms with Gasteiger partial charge in [-0.1, -0.05) is 0 Å². The normalized spacial score (nSPS) is 18.2. The highest BCUT2D eigenvalue weighted by atomic mass is 16.3. The molecular formula is C11H19N3O. The molecule has 4 heteroatoms. The minimum absolute atomic E-state index is 0.585. The average molecular weight is 209 g/mol. The molecule has 15 heavy (non-hydrogen) atoms. The van der Waals surface area contributed by atoms with Crippen molar-refractivity contribution < 1.29 is 4.42 Å². The van der Waals surface area contributed by atoms with Crippen molar-refractivity contribution in [2.24, 2.45) is 5.73 Å². The first-order valence-corrected chi connectivity index (χ1v) is 5.75. The number of oxazole rings is 1. The van der Waals surface area contributed by atoms with Gasteiger partial charge in [0.25, 0.3) is 0 Å². The summed E-state index contributed by atoms with van der Waals surface area (Å²) >= 11 is 0. The Balaban J connectivity index is 1.93. The number of aryl methyl sites for hydroxylation is 1. The molecule has 1 saturated heterocycles. The number of nitrogens with one attached hydrogen (secondary N) is 1. The second-order valence-corrected chi connectivity index (χ2v) is 4.08. The van der Waals surface area contributed by atoms with Gasteiger partial charge in [-0.3, -0.25) is 0 Å². The summed E-state index contributed by atoms with van der Waals surface area (Å²) in [5.74, 6) is 1.43. The van der Waals surface area contributed by atoms with E-state index in [1.165, 1.54) is 12.8 Å². The summed E-state index contributed by atoms with van der Waals surface area (Å²) in [7, 11) is 0. The van der Waals surface area contributed by atoms with Gasteiger partial charge in [0, 0.05) is 12.3 Å². The van der Waals surface area contributed by atoms with E-state index in [0.29, 0.717) is 12.5 Å². The lowest BCUT2D eigenvalue weighted by atomic mass is 9.95. The molecule has 0 bridgehead atoms. The van der Waals surface area contributed by atoms with Gasteiger partial charge >= 0.3 is 0 Å². The molecule has 3 N–H and O–H groups in total. The Kier molecular flexibility index (Phi) is 3.75. The zero-order chi connectivity index (χ0) is 10.5. The van der Waals surface area contributed by atoms with Crippen LogP contribution in [0.4, 0.5) is 0 Å². The Hall–Kier alpha value is -0.870. The molecule has 1 aliphatic rings. The quantitative estimate of drug-likeness (QED) is 0.777. The van der Waals surface area contributed by atoms with Crippen LogP contribution in [0, 0.1) is 0 Å². The SMILES string of the molecule is NCCCc1nc(C2CCNCC2)co1. The summed E-state index contributed by atoms with van der Waals surface area (Å²) < 4.78 is 5.43. The third kappa shape index (κ3) is 2.79. The fourth-order valence-corrected chi connectivity index (χ4v) is 2.00. The van der Waals surface area contributed by atoms with Gasteiger partial charge in [0.1, 0.15) is 6.26 Å². The minimum atomic E-state index is 0.585. The van der Waals surface area contributed by atoms with E-state index in [0.717, 1.165) is 37.5 Å². The van der Waals surface area contributed by atoms with Crippen molar-refractivity contribution in [3.05, 3.63) is 17.8 Å². The number of piperidine rings is 1. The van der Waals surface area contributed by atoms with Crippen LogP contribution in [-0.2, 0) is 6.42 Å². The standard InChI is InChI=1S/C11H19N3O/c12-5-1-2-11-14-10(8-15-11)9-3-6-13-7-4-9/h8-9,13H,1-7,12H2. The van der Waals surface area contributed by atoms with E-state index < -0.39 is 0 Å². The summed E-state index contributed by atoms with van der Waals surface area (Å²) in [4.78, 5) is 4.52. The lowest BCUT2D eigenvalue weighted by molar-refractivity contribution is 0.450. The van der Waals surface area contributed by atoms with Crippen LogP contribution < -0.4 is 11.1 Å². The molecule has 2 rings (SSSR count). The first-order chi connectivity index (χ1) is 7.40. The van der Waals surface area contributed by atoms with Gasteiger partial charge in [-0.15, -0.1) is 0 Å². The average Bonchev–Trinajstić information content (AvgIpc) is 2.76. The monoisotopic (exact) mass is 209 g/mol. The van der Waals surface area contributed by atoms with Crippen LogP contribution in [0.15, 0.2) is 10.7 Å². The molecule has 1 aliphatic heterocycles. The summed E-state index contributed by atoms with van der Waals surface area (Å²) in [5.41, 5.74) is 6.58. The maximum absolute atomic E-state index is 5.45. The van der Waals surface area contributed by atoms with E-state index in [1.807, 2.05) is 6.26 Å². The highest BCUT2D eigenvalue weighted by molar-refractivity contribution is 5.05. The number of aromatic nitrogens is 1. The van der Waals surface area contributed by atoms with Crippen molar-refractivity contribution >= 4 is 0 Å². The molecule has 0 aliphatic carbocycles. The van der Waals surface area contributed by atoms with Crippen LogP contribution in [0.3, 0.4) is 0 Å². The van der Waals surface area contributed by atoms with Crippen LogP contribution >= 0.6 is 0 Å². The van der Waals surface area contributed by atoms with Crippen molar-refractivity contribution in [3.63, 3.8) is 0 Å². The van der Waals surface area contributed by atoms with Crippen LogP contribution in [0.5, 0.6) is 0 Å². The third-order valence-corrected chi connectivity index (χ3v) is 2.92. The van der Waals surface area contributed by atoms with E-state index in [9.17, 15) is 0 Å². The smallest absolute Gasteiger partial charge is 0.194 e. The topological polar surface area (TPSA) is 64.1 Å². The summed E-state index contributed by atoms with van der Waals surface area (Å²) in [5, 5.41) is 3.35. The lowest BCUT2D eigenvalue weighted by Crippen LogP contribution is -2.26. The number of hydrogen-bond donors (Lipinski definition) is 2. The van der Waals surface area contributed by atoms with Crippen molar-refractivity contribution in [1.29, 1.82) is 0 Å². The van der Waals surface area contributed by atoms with Crippen LogP contribution in [0.25, 0.3) is 0 Å². The van der Waals surface area contributed by atoms with Gasteiger partial charge in [0.2, 0.25) is 0 Å². The predicted octanol–water partition coefficient (Wildman–Crippen LogP) is 1.03. The highest BCUT2D eigenvalue weighted by Gasteiger charge is 2.18. The third-order valence-electron chi connectivity index (χ3n) is 2.92. The molecule has 0 atom stereocenters. The van der Waals surface area contributed by atoms with Crippen LogP contribution in [0.2, 0.25) is 0 Å². The van der Waals surface area contributed by atoms with Gasteiger partial charge < -0.3 is 15.5 Å². The molecule has 1 fully saturated rings. The van der Waals surface area contributed by atoms with Crippen LogP contribution in [0.1, 0.15) is 36.8 Å². The number of rotatable bonds is 4. The van der Waals surface area contributed by atoms with E-state index in [-0.39, 0.29) is 0 Å². The van der Waals surface area contributed by atoms with E-state index >= 15 is 0 Å². The van der Waals surface area contributed by atoms with Gasteiger partial charge in [-0.25, -0.2) is 4.98 Å². The van der Waals surface area contributed by atoms with Gasteiger partial charge in [-0.05, 0) is 38.9 Å². The van der Waals surface area contributed by atoms with Crippen LogP contribution in [-0.4, -0.2) is 24.6 Å². The molecule has 0 amide bonds. The number of nitrogens with two attached hydrogens (primary N) is 1. The second-order valence-electron chi connectivity index (χ2n) is 4.08. The zero-order valence-electron chi connectivity index (χ0n) is 9.04. The Bertz CT molecular complexity index is 292. The molecule has 2 heterocycles. The molecule has 0 spiro atoms. The molecule has 1 aromatic heterocycles. The molecule has 1 aromatic rings. The molecule has 0 saturated carbocycles. The second kappa shape index (κ2) is 5.28. The highest BCUT2D eigenvalue weighted by Crippen LogP contribution is 2.24. The van der Waals surface area contributed by atoms with E-state index in [1.54, 1.807) is 0 Å². The zero-order valence-corrected chi connectivity index (χ0v) is 9.04. The van der Waals surface area contributed by atoms with Gasteiger partial charge in [-0.2, -0.15) is 0 Å². The van der Waals surface area contributed by atoms with Gasteiger partial charge in [0.05, 0.1) is 5.69 Å². The molecule has 4 nitrogen and oxygen atoms in total. The Morgan fingerprint density at radius 3 is 3.00 bits per heavy atom. The lowest BCUT2D eigenvalue weighted by Gasteiger charge is -2.20. The summed E-state index contributed by atoms with van der Waals surface area (Å²) in [6, 6.07) is 0. The molecular weight excluding hydrogens is 190 g/mol. The maximum Gasteiger partial charge on any atom is 0.194 e. The Morgan fingerprint density at radius 1 is 1.47 bits per heavy atom. The molecule has 0 radical (unpaired) electrons. The predicted molar refractivity (Wildman–Crippen MR) is 58.7 cm³/mol. The van der Waals surface area contributed by atoms with Crippen molar-refractivity contribution in [3.8, 4) is 0 Å². The van der Waals surface area contributed by atoms with Crippen molar-refractivity contribution in [2.75, 3.05) is 19.6 Å². The first kappa shape index (κ1) is 10.6. The Morgan fingerprint density at radius 2 is 2.27 bits per heavy atom. The molecule has 84 valence electrons. The maximum atomic E-state index is 5.45. The fourth-order valence-electron chi connectivity index (χ4n) is 2.00. The van der Waals surface area contributed by atoms with Gasteiger partial charge in [0.15, 0.2) is 5.89 Å². The fraction of sp³-hybridized carbons (Fsp3) is 0.727. The van der Waals surface area contributed by atoms with Crippen molar-refractivity contribution in [1.82, 2.24) is 10.3 Å². The van der Waals surface area contributed by atoms with E-state index in [4.69, 9.17) is 10.2 Å². The molecule has 0 aromatic carbocycles. The Labute approximate surface area is 90.2 Å². The number of nitrogens with zero attached hydrogens (tertiary/aromatic N) is 1. The summed E-state index contributed by atoms with van der Waals surface area (Å²) in [6.07, 6.45) is 5.97. The number of hydrogen-bond acceptors (Lipinski definition) is 4. The van der Waals surface area contributed by atoms with E-state index in [2.05, 4.69) is 10.3 Å². The summed E-state index contributed by atoms with van der Waals surface area (Å²) in [6.45, 7) is 2.89.